The summed E-state index contributed by atoms with van der Waals surface area (Å²) in [5, 5.41) is 5.71. The largest absolute Gasteiger partial charge is 0.353 e. The molecule has 1 aromatic rings. The average Bonchev–Trinajstić information content (AvgIpc) is 2.48. The van der Waals surface area contributed by atoms with Gasteiger partial charge in [-0.05, 0) is 12.0 Å². The summed E-state index contributed by atoms with van der Waals surface area (Å²) in [6.45, 7) is 3.97. The molecule has 5 nitrogen and oxygen atoms in total. The van der Waals surface area contributed by atoms with Gasteiger partial charge in [-0.1, -0.05) is 37.3 Å². The zero-order chi connectivity index (χ0) is 14.4. The number of carbonyl (C=O) groups is 2. The third-order valence-corrected chi connectivity index (χ3v) is 3.33. The van der Waals surface area contributed by atoms with Gasteiger partial charge in [0.25, 0.3) is 0 Å². The van der Waals surface area contributed by atoms with Crippen molar-refractivity contribution in [3.63, 3.8) is 0 Å². The van der Waals surface area contributed by atoms with Gasteiger partial charge in [0.05, 0.1) is 6.54 Å². The van der Waals surface area contributed by atoms with Crippen molar-refractivity contribution in [1.29, 1.82) is 0 Å². The van der Waals surface area contributed by atoms with Crippen molar-refractivity contribution in [3.8, 4) is 0 Å². The Bertz CT molecular complexity index is 451. The maximum Gasteiger partial charge on any atom is 0.241 e. The first-order chi connectivity index (χ1) is 9.70. The molecule has 1 heterocycles. The van der Waals surface area contributed by atoms with Crippen LogP contribution in [0.15, 0.2) is 30.3 Å². The second-order valence-corrected chi connectivity index (χ2v) is 4.98. The Balaban J connectivity index is 2.00. The highest BCUT2D eigenvalue weighted by Crippen LogP contribution is 2.07. The number of amides is 2. The third-order valence-electron chi connectivity index (χ3n) is 3.33. The molecule has 20 heavy (non-hydrogen) atoms. The van der Waals surface area contributed by atoms with Crippen molar-refractivity contribution >= 4 is 11.8 Å². The van der Waals surface area contributed by atoms with Crippen molar-refractivity contribution in [2.24, 2.45) is 0 Å². The first-order valence-corrected chi connectivity index (χ1v) is 7.03. The van der Waals surface area contributed by atoms with Crippen molar-refractivity contribution in [3.05, 3.63) is 35.9 Å². The molecule has 1 aliphatic heterocycles. The normalized spacial score (nSPS) is 18.4. The molecular weight excluding hydrogens is 254 g/mol. The number of carbonyl (C=O) groups excluding carboxylic acids is 2. The molecule has 0 aromatic heterocycles. The smallest absolute Gasteiger partial charge is 0.241 e. The number of piperazine rings is 1. The van der Waals surface area contributed by atoms with Gasteiger partial charge in [0.1, 0.15) is 6.04 Å². The number of rotatable bonds is 5. The molecule has 1 aromatic carbocycles. The molecule has 0 spiro atoms. The summed E-state index contributed by atoms with van der Waals surface area (Å²) in [5.41, 5.74) is 1.12. The standard InChI is InChI=1S/C15H21N3O2/c1-2-8-18(11-12-6-4-3-5-7-12)15(20)13-9-17-14(19)10-16-13/h3-7,13,16H,2,8-11H2,1H3,(H,17,19). The fourth-order valence-corrected chi connectivity index (χ4v) is 2.30. The van der Waals surface area contributed by atoms with Crippen LogP contribution < -0.4 is 10.6 Å². The third kappa shape index (κ3) is 3.81. The van der Waals surface area contributed by atoms with E-state index < -0.39 is 0 Å². The second-order valence-electron chi connectivity index (χ2n) is 4.98. The zero-order valence-corrected chi connectivity index (χ0v) is 11.8. The number of nitrogens with one attached hydrogen (secondary N) is 2. The summed E-state index contributed by atoms with van der Waals surface area (Å²) in [5.74, 6) is -0.00476. The average molecular weight is 275 g/mol. The van der Waals surface area contributed by atoms with Gasteiger partial charge in [-0.15, -0.1) is 0 Å². The van der Waals surface area contributed by atoms with Crippen molar-refractivity contribution in [2.75, 3.05) is 19.6 Å². The van der Waals surface area contributed by atoms with Crippen LogP contribution in [0.4, 0.5) is 0 Å². The topological polar surface area (TPSA) is 61.4 Å². The van der Waals surface area contributed by atoms with E-state index in [1.165, 1.54) is 0 Å². The van der Waals surface area contributed by atoms with Crippen LogP contribution in [0, 0.1) is 0 Å². The lowest BCUT2D eigenvalue weighted by molar-refractivity contribution is -0.135. The molecule has 1 aliphatic rings. The number of nitrogens with zero attached hydrogens (tertiary/aromatic N) is 1. The number of hydrogen-bond acceptors (Lipinski definition) is 3. The van der Waals surface area contributed by atoms with Crippen LogP contribution >= 0.6 is 0 Å². The molecule has 1 unspecified atom stereocenters. The summed E-state index contributed by atoms with van der Waals surface area (Å²) >= 11 is 0. The molecule has 1 saturated heterocycles. The van der Waals surface area contributed by atoms with Gasteiger partial charge in [-0.25, -0.2) is 0 Å². The monoisotopic (exact) mass is 275 g/mol. The molecule has 2 N–H and O–H groups in total. The molecular formula is C15H21N3O2. The van der Waals surface area contributed by atoms with Crippen LogP contribution in [0.3, 0.4) is 0 Å². The Kier molecular flexibility index (Phi) is 5.12. The number of benzene rings is 1. The van der Waals surface area contributed by atoms with Gasteiger partial charge in [0.2, 0.25) is 11.8 Å². The molecule has 0 bridgehead atoms. The molecule has 2 rings (SSSR count). The van der Waals surface area contributed by atoms with Gasteiger partial charge in [0, 0.05) is 19.6 Å². The molecule has 5 heteroatoms. The quantitative estimate of drug-likeness (QED) is 0.823. The van der Waals surface area contributed by atoms with E-state index in [0.29, 0.717) is 13.1 Å². The molecule has 1 fully saturated rings. The lowest BCUT2D eigenvalue weighted by Gasteiger charge is -2.30. The van der Waals surface area contributed by atoms with E-state index >= 15 is 0 Å². The predicted molar refractivity (Wildman–Crippen MR) is 77.0 cm³/mol. The first kappa shape index (κ1) is 14.5. The highest BCUT2D eigenvalue weighted by molar-refractivity contribution is 5.86. The van der Waals surface area contributed by atoms with Gasteiger partial charge >= 0.3 is 0 Å². The van der Waals surface area contributed by atoms with E-state index in [4.69, 9.17) is 0 Å². The van der Waals surface area contributed by atoms with Crippen LogP contribution in [-0.2, 0) is 16.1 Å². The summed E-state index contributed by atoms with van der Waals surface area (Å²) in [6, 6.07) is 9.64. The first-order valence-electron chi connectivity index (χ1n) is 7.03. The predicted octanol–water partition coefficient (Wildman–Crippen LogP) is 0.513. The summed E-state index contributed by atoms with van der Waals surface area (Å²) in [4.78, 5) is 25.5. The molecule has 0 saturated carbocycles. The number of hydrogen-bond donors (Lipinski definition) is 2. The van der Waals surface area contributed by atoms with E-state index in [9.17, 15) is 9.59 Å². The van der Waals surface area contributed by atoms with Crippen LogP contribution in [0.1, 0.15) is 18.9 Å². The maximum atomic E-state index is 12.5. The van der Waals surface area contributed by atoms with Crippen molar-refractivity contribution in [2.45, 2.75) is 25.9 Å². The van der Waals surface area contributed by atoms with E-state index in [1.807, 2.05) is 35.2 Å². The minimum atomic E-state index is -0.317. The van der Waals surface area contributed by atoms with E-state index in [2.05, 4.69) is 17.6 Å². The maximum absolute atomic E-state index is 12.5. The van der Waals surface area contributed by atoms with Crippen LogP contribution in [0.2, 0.25) is 0 Å². The lowest BCUT2D eigenvalue weighted by atomic mass is 10.1. The summed E-state index contributed by atoms with van der Waals surface area (Å²) in [7, 11) is 0. The Hall–Kier alpha value is -1.88. The van der Waals surface area contributed by atoms with E-state index in [1.54, 1.807) is 0 Å². The van der Waals surface area contributed by atoms with E-state index in [0.717, 1.165) is 18.5 Å². The van der Waals surface area contributed by atoms with Gasteiger partial charge < -0.3 is 10.2 Å². The molecule has 0 aliphatic carbocycles. The highest BCUT2D eigenvalue weighted by atomic mass is 16.2. The molecule has 0 radical (unpaired) electrons. The summed E-state index contributed by atoms with van der Waals surface area (Å²) < 4.78 is 0. The molecule has 108 valence electrons. The van der Waals surface area contributed by atoms with Gasteiger partial charge in [-0.2, -0.15) is 0 Å². The fraction of sp³-hybridized carbons (Fsp3) is 0.467. The SMILES string of the molecule is CCCN(Cc1ccccc1)C(=O)C1CNC(=O)CN1. The molecule has 2 amide bonds. The fourth-order valence-electron chi connectivity index (χ4n) is 2.30. The Morgan fingerprint density at radius 2 is 2.10 bits per heavy atom. The zero-order valence-electron chi connectivity index (χ0n) is 11.8. The molecule has 1 atom stereocenters. The van der Waals surface area contributed by atoms with Crippen LogP contribution in [0.5, 0.6) is 0 Å². The van der Waals surface area contributed by atoms with Gasteiger partial charge in [-0.3, -0.25) is 14.9 Å². The van der Waals surface area contributed by atoms with Crippen molar-refractivity contribution in [1.82, 2.24) is 15.5 Å². The van der Waals surface area contributed by atoms with Crippen molar-refractivity contribution < 1.29 is 9.59 Å². The summed E-state index contributed by atoms with van der Waals surface area (Å²) in [6.07, 6.45) is 0.914. The van der Waals surface area contributed by atoms with Crippen LogP contribution in [0.25, 0.3) is 0 Å². The van der Waals surface area contributed by atoms with E-state index in [-0.39, 0.29) is 24.4 Å². The Morgan fingerprint density at radius 1 is 1.35 bits per heavy atom. The Labute approximate surface area is 119 Å². The minimum Gasteiger partial charge on any atom is -0.353 e. The Morgan fingerprint density at radius 3 is 2.70 bits per heavy atom. The minimum absolute atomic E-state index is 0.0516. The van der Waals surface area contributed by atoms with Crippen LogP contribution in [-0.4, -0.2) is 42.4 Å². The van der Waals surface area contributed by atoms with Gasteiger partial charge in [0.15, 0.2) is 0 Å². The lowest BCUT2D eigenvalue weighted by Crippen LogP contribution is -2.58. The second kappa shape index (κ2) is 7.05. The highest BCUT2D eigenvalue weighted by Gasteiger charge is 2.27.